The zero-order valence-electron chi connectivity index (χ0n) is 11.7. The number of nitrogens with zero attached hydrogens (tertiary/aromatic N) is 2. The van der Waals surface area contributed by atoms with E-state index in [2.05, 4.69) is 23.3 Å². The highest BCUT2D eigenvalue weighted by molar-refractivity contribution is 5.78. The molecule has 0 saturated carbocycles. The van der Waals surface area contributed by atoms with Gasteiger partial charge in [-0.25, -0.2) is 0 Å². The summed E-state index contributed by atoms with van der Waals surface area (Å²) in [7, 11) is 0. The van der Waals surface area contributed by atoms with E-state index in [1.54, 1.807) is 5.84 Å². The highest BCUT2D eigenvalue weighted by Gasteiger charge is 2.31. The van der Waals surface area contributed by atoms with E-state index in [0.717, 1.165) is 5.92 Å². The number of hydrogen-bond acceptors (Lipinski definition) is 1. The molecule has 2 aliphatic heterocycles. The summed E-state index contributed by atoms with van der Waals surface area (Å²) in [4.78, 5) is 2.71. The first-order valence-corrected chi connectivity index (χ1v) is 7.70. The van der Waals surface area contributed by atoms with Gasteiger partial charge >= 0.3 is 0 Å². The van der Waals surface area contributed by atoms with E-state index in [-0.39, 0.29) is 0 Å². The van der Waals surface area contributed by atoms with Crippen molar-refractivity contribution in [3.05, 3.63) is 0 Å². The molecule has 0 amide bonds. The van der Waals surface area contributed by atoms with Crippen LogP contribution in [0, 0.1) is 5.92 Å². The monoisotopic (exact) mass is 237 g/mol. The molecule has 0 aliphatic carbocycles. The summed E-state index contributed by atoms with van der Waals surface area (Å²) in [6, 6.07) is 0. The molecule has 98 valence electrons. The van der Waals surface area contributed by atoms with Gasteiger partial charge in [0.2, 0.25) is 5.84 Å². The fourth-order valence-corrected chi connectivity index (χ4v) is 3.32. The highest BCUT2D eigenvalue weighted by Crippen LogP contribution is 2.19. The lowest BCUT2D eigenvalue weighted by Crippen LogP contribution is -2.43. The minimum atomic E-state index is 0.919. The van der Waals surface area contributed by atoms with E-state index in [1.165, 1.54) is 71.1 Å². The number of hydrogen-bond donors (Lipinski definition) is 0. The number of amidine groups is 1. The lowest BCUT2D eigenvalue weighted by molar-refractivity contribution is -0.530. The van der Waals surface area contributed by atoms with E-state index >= 15 is 0 Å². The molecule has 0 aromatic carbocycles. The van der Waals surface area contributed by atoms with Crippen molar-refractivity contribution in [3.63, 3.8) is 0 Å². The predicted octanol–water partition coefficient (Wildman–Crippen LogP) is 3.11. The minimum Gasteiger partial charge on any atom is -0.266 e. The maximum Gasteiger partial charge on any atom is 0.246 e. The van der Waals surface area contributed by atoms with Crippen LogP contribution in [0.25, 0.3) is 0 Å². The quantitative estimate of drug-likeness (QED) is 0.643. The van der Waals surface area contributed by atoms with Gasteiger partial charge in [0, 0.05) is 6.42 Å². The van der Waals surface area contributed by atoms with Gasteiger partial charge in [-0.2, -0.15) is 0 Å². The molecule has 0 fully saturated rings. The van der Waals surface area contributed by atoms with Crippen LogP contribution in [0.15, 0.2) is 0 Å². The van der Waals surface area contributed by atoms with Crippen LogP contribution in [0.5, 0.6) is 0 Å². The largest absolute Gasteiger partial charge is 0.266 e. The Hall–Kier alpha value is -0.530. The smallest absolute Gasteiger partial charge is 0.246 e. The molecule has 2 heterocycles. The molecule has 2 rings (SSSR count). The molecule has 1 unspecified atom stereocenters. The molecule has 0 radical (unpaired) electrons. The van der Waals surface area contributed by atoms with Crippen LogP contribution in [0.2, 0.25) is 0 Å². The summed E-state index contributed by atoms with van der Waals surface area (Å²) >= 11 is 0. The van der Waals surface area contributed by atoms with Crippen LogP contribution < -0.4 is 0 Å². The standard InChI is InChI=1S/C15H29N2/c1-3-5-8-14(4-2)13-17-12-7-11-16-10-6-9-15(16)17/h14H,3-13H2,1-2H3/q+1. The third-order valence-corrected chi connectivity index (χ3v) is 4.44. The van der Waals surface area contributed by atoms with Gasteiger partial charge in [0.1, 0.15) is 0 Å². The molecule has 2 heteroatoms. The van der Waals surface area contributed by atoms with Gasteiger partial charge in [0.15, 0.2) is 0 Å². The molecular weight excluding hydrogens is 208 g/mol. The second kappa shape index (κ2) is 6.42. The van der Waals surface area contributed by atoms with Crippen LogP contribution >= 0.6 is 0 Å². The maximum atomic E-state index is 2.71. The zero-order valence-corrected chi connectivity index (χ0v) is 11.7. The van der Waals surface area contributed by atoms with Crippen molar-refractivity contribution < 1.29 is 4.58 Å². The third-order valence-electron chi connectivity index (χ3n) is 4.44. The summed E-state index contributed by atoms with van der Waals surface area (Å²) in [6.45, 7) is 9.94. The van der Waals surface area contributed by atoms with Crippen LogP contribution in [-0.2, 0) is 0 Å². The van der Waals surface area contributed by atoms with E-state index in [9.17, 15) is 0 Å². The Kier molecular flexibility index (Phi) is 4.87. The second-order valence-electron chi connectivity index (χ2n) is 5.72. The van der Waals surface area contributed by atoms with E-state index in [4.69, 9.17) is 0 Å². The molecule has 2 nitrogen and oxygen atoms in total. The van der Waals surface area contributed by atoms with E-state index in [0.29, 0.717) is 0 Å². The average molecular weight is 237 g/mol. The Morgan fingerprint density at radius 2 is 2.06 bits per heavy atom. The molecule has 0 saturated heterocycles. The van der Waals surface area contributed by atoms with E-state index in [1.807, 2.05) is 0 Å². The zero-order chi connectivity index (χ0) is 12.1. The summed E-state index contributed by atoms with van der Waals surface area (Å²) in [6.07, 6.45) is 9.63. The van der Waals surface area contributed by atoms with Crippen LogP contribution in [0.3, 0.4) is 0 Å². The molecule has 2 aliphatic rings. The van der Waals surface area contributed by atoms with Gasteiger partial charge in [-0.15, -0.1) is 0 Å². The fourth-order valence-electron chi connectivity index (χ4n) is 3.32. The van der Waals surface area contributed by atoms with Crippen LogP contribution in [0.1, 0.15) is 58.8 Å². The lowest BCUT2D eigenvalue weighted by Gasteiger charge is -2.27. The SMILES string of the molecule is CCCCC(CC)CN1CCC[N+]2=C1CCC2. The van der Waals surface area contributed by atoms with Gasteiger partial charge in [-0.3, -0.25) is 9.48 Å². The Balaban J connectivity index is 1.90. The van der Waals surface area contributed by atoms with Crippen molar-refractivity contribution in [2.24, 2.45) is 5.92 Å². The van der Waals surface area contributed by atoms with Crippen molar-refractivity contribution in [2.45, 2.75) is 58.8 Å². The lowest BCUT2D eigenvalue weighted by atomic mass is 9.98. The first-order chi connectivity index (χ1) is 8.35. The Bertz CT molecular complexity index is 270. The molecule has 1 atom stereocenters. The van der Waals surface area contributed by atoms with Gasteiger partial charge in [0.05, 0.1) is 32.6 Å². The average Bonchev–Trinajstić information content (AvgIpc) is 2.83. The molecule has 17 heavy (non-hydrogen) atoms. The van der Waals surface area contributed by atoms with Gasteiger partial charge in [-0.1, -0.05) is 26.7 Å². The van der Waals surface area contributed by atoms with Crippen molar-refractivity contribution in [2.75, 3.05) is 26.2 Å². The molecule has 0 aromatic heterocycles. The van der Waals surface area contributed by atoms with E-state index < -0.39 is 0 Å². The molecule has 0 bridgehead atoms. The minimum absolute atomic E-state index is 0.919. The maximum absolute atomic E-state index is 2.71. The molecule has 0 N–H and O–H groups in total. The molecule has 0 spiro atoms. The first kappa shape index (κ1) is 12.9. The van der Waals surface area contributed by atoms with Crippen molar-refractivity contribution >= 4 is 5.84 Å². The summed E-state index contributed by atoms with van der Waals surface area (Å²) in [5.41, 5.74) is 0. The Morgan fingerprint density at radius 3 is 2.82 bits per heavy atom. The predicted molar refractivity (Wildman–Crippen MR) is 73.7 cm³/mol. The Labute approximate surface area is 107 Å². The molecule has 0 aromatic rings. The normalized spacial score (nSPS) is 21.9. The molecular formula is C15H29N2+. The van der Waals surface area contributed by atoms with Gasteiger partial charge < -0.3 is 0 Å². The van der Waals surface area contributed by atoms with Crippen molar-refractivity contribution in [3.8, 4) is 0 Å². The van der Waals surface area contributed by atoms with Crippen molar-refractivity contribution in [1.82, 2.24) is 4.90 Å². The number of rotatable bonds is 6. The summed E-state index contributed by atoms with van der Waals surface area (Å²) in [5.74, 6) is 2.59. The summed E-state index contributed by atoms with van der Waals surface area (Å²) < 4.78 is 2.63. The van der Waals surface area contributed by atoms with Crippen LogP contribution in [0.4, 0.5) is 0 Å². The highest BCUT2D eigenvalue weighted by atomic mass is 15.3. The third kappa shape index (κ3) is 3.23. The number of unbranched alkanes of at least 4 members (excludes halogenated alkanes) is 1. The Morgan fingerprint density at radius 1 is 1.24 bits per heavy atom. The van der Waals surface area contributed by atoms with Crippen molar-refractivity contribution in [1.29, 1.82) is 0 Å². The topological polar surface area (TPSA) is 6.25 Å². The summed E-state index contributed by atoms with van der Waals surface area (Å²) in [5, 5.41) is 0. The van der Waals surface area contributed by atoms with Gasteiger partial charge in [0.25, 0.3) is 0 Å². The fraction of sp³-hybridized carbons (Fsp3) is 0.933. The van der Waals surface area contributed by atoms with Crippen LogP contribution in [-0.4, -0.2) is 41.5 Å². The first-order valence-electron chi connectivity index (χ1n) is 7.70. The second-order valence-corrected chi connectivity index (χ2v) is 5.72. The van der Waals surface area contributed by atoms with Gasteiger partial charge in [-0.05, 0) is 25.2 Å².